The van der Waals surface area contributed by atoms with Crippen molar-refractivity contribution < 1.29 is 5.11 Å². The first kappa shape index (κ1) is 9.52. The van der Waals surface area contributed by atoms with E-state index in [-0.39, 0.29) is 6.54 Å². The van der Waals surface area contributed by atoms with Crippen LogP contribution in [0.5, 0.6) is 0 Å². The summed E-state index contributed by atoms with van der Waals surface area (Å²) >= 11 is 5.87. The molecule has 0 saturated heterocycles. The third kappa shape index (κ3) is 2.48. The molecule has 0 fully saturated rings. The van der Waals surface area contributed by atoms with Gasteiger partial charge >= 0.3 is 0 Å². The summed E-state index contributed by atoms with van der Waals surface area (Å²) in [7, 11) is 0. The standard InChI is InChI=1S/C9H12ClNO/c10-9-4-2-1-3-7(9)5-8(12)6-11/h1-4,8,12H,5-6,11H2/t8-/m1/s1. The monoisotopic (exact) mass is 185 g/mol. The molecule has 1 aromatic rings. The van der Waals surface area contributed by atoms with Gasteiger partial charge in [0, 0.05) is 18.0 Å². The smallest absolute Gasteiger partial charge is 0.0703 e. The van der Waals surface area contributed by atoms with Gasteiger partial charge in [0.1, 0.15) is 0 Å². The summed E-state index contributed by atoms with van der Waals surface area (Å²) in [6.07, 6.45) is 0.0285. The third-order valence-electron chi connectivity index (χ3n) is 1.69. The molecule has 0 radical (unpaired) electrons. The number of aliphatic hydroxyl groups excluding tert-OH is 1. The van der Waals surface area contributed by atoms with Crippen molar-refractivity contribution in [2.24, 2.45) is 5.73 Å². The molecular weight excluding hydrogens is 174 g/mol. The molecule has 0 aliphatic heterocycles. The number of halogens is 1. The molecule has 1 aromatic carbocycles. The van der Waals surface area contributed by atoms with Crippen LogP contribution >= 0.6 is 11.6 Å². The molecule has 66 valence electrons. The first-order chi connectivity index (χ1) is 5.74. The highest BCUT2D eigenvalue weighted by molar-refractivity contribution is 6.31. The number of hydrogen-bond donors (Lipinski definition) is 2. The van der Waals surface area contributed by atoms with E-state index in [0.29, 0.717) is 11.4 Å². The summed E-state index contributed by atoms with van der Waals surface area (Å²) < 4.78 is 0. The van der Waals surface area contributed by atoms with Crippen LogP contribution in [-0.2, 0) is 6.42 Å². The van der Waals surface area contributed by atoms with Gasteiger partial charge in [-0.1, -0.05) is 29.8 Å². The van der Waals surface area contributed by atoms with E-state index in [9.17, 15) is 5.11 Å². The Morgan fingerprint density at radius 3 is 2.67 bits per heavy atom. The van der Waals surface area contributed by atoms with E-state index in [0.717, 1.165) is 5.56 Å². The summed E-state index contributed by atoms with van der Waals surface area (Å²) in [5.41, 5.74) is 6.22. The molecule has 0 heterocycles. The van der Waals surface area contributed by atoms with Gasteiger partial charge in [-0.3, -0.25) is 0 Å². The van der Waals surface area contributed by atoms with Gasteiger partial charge in [-0.05, 0) is 11.6 Å². The van der Waals surface area contributed by atoms with Crippen LogP contribution in [0.25, 0.3) is 0 Å². The second kappa shape index (κ2) is 4.45. The van der Waals surface area contributed by atoms with Gasteiger partial charge in [-0.15, -0.1) is 0 Å². The second-order valence-electron chi connectivity index (χ2n) is 2.69. The highest BCUT2D eigenvalue weighted by atomic mass is 35.5. The van der Waals surface area contributed by atoms with Gasteiger partial charge in [0.25, 0.3) is 0 Å². The molecule has 0 aromatic heterocycles. The molecule has 1 rings (SSSR count). The minimum atomic E-state index is -0.495. The van der Waals surface area contributed by atoms with Crippen molar-refractivity contribution in [3.8, 4) is 0 Å². The van der Waals surface area contributed by atoms with Crippen LogP contribution in [0, 0.1) is 0 Å². The van der Waals surface area contributed by atoms with E-state index in [4.69, 9.17) is 17.3 Å². The van der Waals surface area contributed by atoms with Crippen molar-refractivity contribution in [3.05, 3.63) is 34.9 Å². The maximum Gasteiger partial charge on any atom is 0.0703 e. The largest absolute Gasteiger partial charge is 0.391 e. The number of hydrogen-bond acceptors (Lipinski definition) is 2. The van der Waals surface area contributed by atoms with Crippen molar-refractivity contribution >= 4 is 11.6 Å². The third-order valence-corrected chi connectivity index (χ3v) is 2.05. The lowest BCUT2D eigenvalue weighted by atomic mass is 10.1. The molecule has 3 heteroatoms. The topological polar surface area (TPSA) is 46.2 Å². The zero-order valence-electron chi connectivity index (χ0n) is 6.70. The highest BCUT2D eigenvalue weighted by Gasteiger charge is 2.05. The van der Waals surface area contributed by atoms with Crippen molar-refractivity contribution in [3.63, 3.8) is 0 Å². The molecule has 12 heavy (non-hydrogen) atoms. The van der Waals surface area contributed by atoms with E-state index in [2.05, 4.69) is 0 Å². The molecule has 0 saturated carbocycles. The summed E-state index contributed by atoms with van der Waals surface area (Å²) in [6.45, 7) is 0.269. The minimum absolute atomic E-state index is 0.269. The molecule has 3 N–H and O–H groups in total. The van der Waals surface area contributed by atoms with Crippen LogP contribution in [0.2, 0.25) is 5.02 Å². The van der Waals surface area contributed by atoms with E-state index in [1.807, 2.05) is 18.2 Å². The average Bonchev–Trinajstić information content (AvgIpc) is 2.09. The number of nitrogens with two attached hydrogens (primary N) is 1. The second-order valence-corrected chi connectivity index (χ2v) is 3.09. The average molecular weight is 186 g/mol. The van der Waals surface area contributed by atoms with Crippen LogP contribution in [0.4, 0.5) is 0 Å². The molecule has 0 aliphatic carbocycles. The van der Waals surface area contributed by atoms with Gasteiger partial charge < -0.3 is 10.8 Å². The Morgan fingerprint density at radius 2 is 2.08 bits per heavy atom. The Morgan fingerprint density at radius 1 is 1.42 bits per heavy atom. The molecule has 0 bridgehead atoms. The molecule has 0 unspecified atom stereocenters. The Labute approximate surface area is 77.0 Å². The lowest BCUT2D eigenvalue weighted by molar-refractivity contribution is 0.183. The fourth-order valence-electron chi connectivity index (χ4n) is 1.00. The van der Waals surface area contributed by atoms with Crippen LogP contribution < -0.4 is 5.73 Å². The SMILES string of the molecule is NC[C@H](O)Cc1ccccc1Cl. The zero-order valence-corrected chi connectivity index (χ0v) is 7.46. The van der Waals surface area contributed by atoms with Gasteiger partial charge in [0.15, 0.2) is 0 Å². The number of benzene rings is 1. The predicted octanol–water partition coefficient (Wildman–Crippen LogP) is 1.20. The first-order valence-corrected chi connectivity index (χ1v) is 4.23. The zero-order chi connectivity index (χ0) is 8.97. The Bertz CT molecular complexity index is 252. The summed E-state index contributed by atoms with van der Waals surface area (Å²) in [5, 5.41) is 9.94. The van der Waals surface area contributed by atoms with E-state index < -0.39 is 6.10 Å². The highest BCUT2D eigenvalue weighted by Crippen LogP contribution is 2.16. The minimum Gasteiger partial charge on any atom is -0.391 e. The lowest BCUT2D eigenvalue weighted by Gasteiger charge is -2.08. The lowest BCUT2D eigenvalue weighted by Crippen LogP contribution is -2.22. The fraction of sp³-hybridized carbons (Fsp3) is 0.333. The predicted molar refractivity (Wildman–Crippen MR) is 50.2 cm³/mol. The fourth-order valence-corrected chi connectivity index (χ4v) is 1.21. The van der Waals surface area contributed by atoms with Gasteiger partial charge in [0.2, 0.25) is 0 Å². The van der Waals surface area contributed by atoms with Crippen LogP contribution in [0.15, 0.2) is 24.3 Å². The van der Waals surface area contributed by atoms with Crippen molar-refractivity contribution in [2.75, 3.05) is 6.54 Å². The number of aliphatic hydroxyl groups is 1. The quantitative estimate of drug-likeness (QED) is 0.744. The van der Waals surface area contributed by atoms with Crippen LogP contribution in [-0.4, -0.2) is 17.8 Å². The van der Waals surface area contributed by atoms with E-state index >= 15 is 0 Å². The first-order valence-electron chi connectivity index (χ1n) is 3.85. The Balaban J connectivity index is 2.69. The van der Waals surface area contributed by atoms with Crippen molar-refractivity contribution in [2.45, 2.75) is 12.5 Å². The molecule has 2 nitrogen and oxygen atoms in total. The normalized spacial score (nSPS) is 12.9. The summed E-state index contributed by atoms with van der Waals surface area (Å²) in [5.74, 6) is 0. The van der Waals surface area contributed by atoms with Gasteiger partial charge in [-0.2, -0.15) is 0 Å². The van der Waals surface area contributed by atoms with Crippen molar-refractivity contribution in [1.82, 2.24) is 0 Å². The van der Waals surface area contributed by atoms with Crippen LogP contribution in [0.3, 0.4) is 0 Å². The van der Waals surface area contributed by atoms with Gasteiger partial charge in [-0.25, -0.2) is 0 Å². The Hall–Kier alpha value is -0.570. The van der Waals surface area contributed by atoms with Crippen molar-refractivity contribution in [1.29, 1.82) is 0 Å². The Kier molecular flexibility index (Phi) is 3.53. The number of rotatable bonds is 3. The van der Waals surface area contributed by atoms with Gasteiger partial charge in [0.05, 0.1) is 6.10 Å². The van der Waals surface area contributed by atoms with E-state index in [1.54, 1.807) is 6.07 Å². The maximum atomic E-state index is 9.25. The molecular formula is C9H12ClNO. The molecule has 0 aliphatic rings. The summed E-state index contributed by atoms with van der Waals surface area (Å²) in [4.78, 5) is 0. The maximum absolute atomic E-state index is 9.25. The molecule has 1 atom stereocenters. The molecule has 0 amide bonds. The van der Waals surface area contributed by atoms with Crippen LogP contribution in [0.1, 0.15) is 5.56 Å². The molecule has 0 spiro atoms. The van der Waals surface area contributed by atoms with E-state index in [1.165, 1.54) is 0 Å². The summed E-state index contributed by atoms with van der Waals surface area (Å²) in [6, 6.07) is 7.45.